The summed E-state index contributed by atoms with van der Waals surface area (Å²) in [6.07, 6.45) is 4.50. The quantitative estimate of drug-likeness (QED) is 0.852. The Morgan fingerprint density at radius 2 is 2.04 bits per heavy atom. The third-order valence-electron chi connectivity index (χ3n) is 5.56. The van der Waals surface area contributed by atoms with Gasteiger partial charge in [-0.1, -0.05) is 17.3 Å². The Kier molecular flexibility index (Phi) is 3.29. The van der Waals surface area contributed by atoms with Gasteiger partial charge in [0.1, 0.15) is 10.9 Å². The van der Waals surface area contributed by atoms with Gasteiger partial charge in [-0.15, -0.1) is 4.40 Å². The van der Waals surface area contributed by atoms with Crippen LogP contribution in [-0.4, -0.2) is 35.8 Å². The van der Waals surface area contributed by atoms with Crippen LogP contribution in [-0.2, 0) is 15.6 Å². The molecule has 1 saturated heterocycles. The Bertz CT molecular complexity index is 1010. The van der Waals surface area contributed by atoms with Crippen LogP contribution in [0.15, 0.2) is 38.1 Å². The number of hydrogen-bond acceptors (Lipinski definition) is 7. The Morgan fingerprint density at radius 1 is 1.23 bits per heavy atom. The third-order valence-corrected chi connectivity index (χ3v) is 6.88. The number of fused-ring (bicyclic) bond motifs is 1. The zero-order chi connectivity index (χ0) is 17.9. The maximum absolute atomic E-state index is 12.4. The van der Waals surface area contributed by atoms with Crippen molar-refractivity contribution in [1.82, 2.24) is 15.0 Å². The van der Waals surface area contributed by atoms with Crippen molar-refractivity contribution >= 4 is 15.9 Å². The summed E-state index contributed by atoms with van der Waals surface area (Å²) < 4.78 is 34.3. The Hall–Kier alpha value is -2.26. The minimum absolute atomic E-state index is 0.181. The average Bonchev–Trinajstić information content (AvgIpc) is 3.30. The van der Waals surface area contributed by atoms with Crippen molar-refractivity contribution < 1.29 is 12.9 Å². The van der Waals surface area contributed by atoms with E-state index in [4.69, 9.17) is 10.3 Å². The van der Waals surface area contributed by atoms with Gasteiger partial charge in [-0.2, -0.15) is 13.4 Å². The molecule has 0 amide bonds. The number of nitrogens with zero attached hydrogens (tertiary/aromatic N) is 4. The lowest BCUT2D eigenvalue weighted by Crippen LogP contribution is -2.44. The van der Waals surface area contributed by atoms with Gasteiger partial charge in [-0.05, 0) is 44.2 Å². The molecule has 26 heavy (non-hydrogen) atoms. The number of sulfonamides is 1. The summed E-state index contributed by atoms with van der Waals surface area (Å²) in [6, 6.07) is 6.72. The maximum Gasteiger partial charge on any atom is 0.285 e. The molecule has 0 bridgehead atoms. The molecule has 2 fully saturated rings. The second-order valence-electron chi connectivity index (χ2n) is 7.20. The van der Waals surface area contributed by atoms with Crippen molar-refractivity contribution in [3.63, 3.8) is 0 Å². The van der Waals surface area contributed by atoms with Crippen LogP contribution < -0.4 is 5.73 Å². The van der Waals surface area contributed by atoms with Gasteiger partial charge in [-0.25, -0.2) is 0 Å². The first-order valence-corrected chi connectivity index (χ1v) is 10.3. The number of nitrogens with two attached hydrogens (primary N) is 1. The van der Waals surface area contributed by atoms with Gasteiger partial charge in [0.2, 0.25) is 5.89 Å². The molecule has 8 nitrogen and oxygen atoms in total. The van der Waals surface area contributed by atoms with Crippen LogP contribution in [0.4, 0.5) is 0 Å². The van der Waals surface area contributed by atoms with Gasteiger partial charge in [0.25, 0.3) is 10.0 Å². The predicted molar refractivity (Wildman–Crippen MR) is 92.9 cm³/mol. The summed E-state index contributed by atoms with van der Waals surface area (Å²) in [6.45, 7) is 0.693. The van der Waals surface area contributed by atoms with E-state index < -0.39 is 15.6 Å². The molecule has 3 heterocycles. The molecule has 0 radical (unpaired) electrons. The summed E-state index contributed by atoms with van der Waals surface area (Å²) in [5, 5.41) is 4.09. The highest BCUT2D eigenvalue weighted by molar-refractivity contribution is 7.90. The first kappa shape index (κ1) is 16.0. The molecular weight excluding hydrogens is 354 g/mol. The second-order valence-corrected chi connectivity index (χ2v) is 8.78. The van der Waals surface area contributed by atoms with Crippen molar-refractivity contribution in [2.45, 2.75) is 48.6 Å². The summed E-state index contributed by atoms with van der Waals surface area (Å²) in [7, 11) is -3.65. The minimum Gasteiger partial charge on any atom is -0.343 e. The van der Waals surface area contributed by atoms with E-state index >= 15 is 0 Å². The lowest BCUT2D eigenvalue weighted by molar-refractivity contribution is 0.227. The average molecular weight is 373 g/mol. The largest absolute Gasteiger partial charge is 0.343 e. The van der Waals surface area contributed by atoms with E-state index in [0.717, 1.165) is 32.1 Å². The van der Waals surface area contributed by atoms with E-state index in [0.29, 0.717) is 29.7 Å². The van der Waals surface area contributed by atoms with Gasteiger partial charge in [0, 0.05) is 12.1 Å². The molecule has 1 aromatic heterocycles. The van der Waals surface area contributed by atoms with Crippen LogP contribution >= 0.6 is 0 Å². The maximum atomic E-state index is 12.4. The molecule has 3 aliphatic rings. The first-order chi connectivity index (χ1) is 12.5. The van der Waals surface area contributed by atoms with E-state index in [9.17, 15) is 8.42 Å². The smallest absolute Gasteiger partial charge is 0.285 e. The Balaban J connectivity index is 1.51. The molecule has 2 N–H and O–H groups in total. The zero-order valence-electron chi connectivity index (χ0n) is 14.1. The van der Waals surface area contributed by atoms with E-state index in [1.165, 1.54) is 0 Å². The molecule has 1 aromatic carbocycles. The number of amidine groups is 1. The Labute approximate surface area is 151 Å². The molecular formula is C17H19N5O3S. The monoisotopic (exact) mass is 373 g/mol. The highest BCUT2D eigenvalue weighted by Crippen LogP contribution is 2.40. The lowest BCUT2D eigenvalue weighted by Gasteiger charge is -2.34. The highest BCUT2D eigenvalue weighted by atomic mass is 32.2. The topological polar surface area (TPSA) is 115 Å². The van der Waals surface area contributed by atoms with Crippen molar-refractivity contribution in [3.8, 4) is 0 Å². The fraction of sp³-hybridized carbons (Fsp3) is 0.471. The minimum atomic E-state index is -3.65. The fourth-order valence-corrected chi connectivity index (χ4v) is 5.14. The van der Waals surface area contributed by atoms with Crippen LogP contribution in [0.3, 0.4) is 0 Å². The second kappa shape index (κ2) is 5.37. The summed E-state index contributed by atoms with van der Waals surface area (Å²) in [5.41, 5.74) is 6.44. The van der Waals surface area contributed by atoms with Crippen molar-refractivity contribution in [2.24, 2.45) is 10.1 Å². The summed E-state index contributed by atoms with van der Waals surface area (Å²) >= 11 is 0. The number of rotatable bonds is 2. The van der Waals surface area contributed by atoms with Gasteiger partial charge >= 0.3 is 0 Å². The Morgan fingerprint density at radius 3 is 2.81 bits per heavy atom. The molecule has 1 saturated carbocycles. The number of likely N-dealkylation sites (tertiary alicyclic amines) is 1. The van der Waals surface area contributed by atoms with Gasteiger partial charge < -0.3 is 15.2 Å². The molecule has 1 unspecified atom stereocenters. The number of benzene rings is 1. The van der Waals surface area contributed by atoms with Crippen LogP contribution in [0, 0.1) is 0 Å². The van der Waals surface area contributed by atoms with Crippen LogP contribution in [0.25, 0.3) is 0 Å². The van der Waals surface area contributed by atoms with Crippen molar-refractivity contribution in [1.29, 1.82) is 0 Å². The van der Waals surface area contributed by atoms with E-state index in [1.54, 1.807) is 18.2 Å². The highest BCUT2D eigenvalue weighted by Gasteiger charge is 2.42. The summed E-state index contributed by atoms with van der Waals surface area (Å²) in [4.78, 5) is 6.77. The number of aromatic nitrogens is 2. The van der Waals surface area contributed by atoms with Crippen LogP contribution in [0.2, 0.25) is 0 Å². The van der Waals surface area contributed by atoms with Crippen LogP contribution in [0.5, 0.6) is 0 Å². The van der Waals surface area contributed by atoms with E-state index in [1.807, 2.05) is 11.0 Å². The predicted octanol–water partition coefficient (Wildman–Crippen LogP) is 1.69. The van der Waals surface area contributed by atoms with Crippen LogP contribution in [0.1, 0.15) is 55.4 Å². The molecule has 2 aliphatic heterocycles. The van der Waals surface area contributed by atoms with E-state index in [-0.39, 0.29) is 10.9 Å². The fourth-order valence-electron chi connectivity index (χ4n) is 3.93. The zero-order valence-corrected chi connectivity index (χ0v) is 14.9. The molecule has 1 aliphatic carbocycles. The standard InChI is InChI=1S/C17H19N5O3S/c18-17(8-4-9-17)16-19-15(25-20-16)12-6-3-10-22(12)14-11-5-1-2-7-13(11)26(23,24)21-14/h1-2,5,7,12H,3-4,6,8-10,18H2. The van der Waals surface area contributed by atoms with Gasteiger partial charge in [-0.3, -0.25) is 0 Å². The van der Waals surface area contributed by atoms with Crippen molar-refractivity contribution in [3.05, 3.63) is 41.5 Å². The molecule has 1 atom stereocenters. The molecule has 0 spiro atoms. The molecule has 9 heteroatoms. The SMILES string of the molecule is NC1(c2noc(C3CCCN3C3=NS(=O)(=O)c4ccccc43)n2)CCC1. The van der Waals surface area contributed by atoms with Gasteiger partial charge in [0.15, 0.2) is 11.7 Å². The van der Waals surface area contributed by atoms with E-state index in [2.05, 4.69) is 14.5 Å². The molecule has 136 valence electrons. The van der Waals surface area contributed by atoms with Crippen molar-refractivity contribution in [2.75, 3.05) is 6.54 Å². The lowest BCUT2D eigenvalue weighted by atomic mass is 9.77. The number of hydrogen-bond donors (Lipinski definition) is 1. The molecule has 5 rings (SSSR count). The normalized spacial score (nSPS) is 25.7. The first-order valence-electron chi connectivity index (χ1n) is 8.82. The van der Waals surface area contributed by atoms with Gasteiger partial charge in [0.05, 0.1) is 5.54 Å². The molecule has 2 aromatic rings. The third kappa shape index (κ3) is 2.23. The summed E-state index contributed by atoms with van der Waals surface area (Å²) in [5.74, 6) is 1.50.